The molecule has 1 heterocycles. The van der Waals surface area contributed by atoms with Gasteiger partial charge in [0.2, 0.25) is 10.0 Å². The van der Waals surface area contributed by atoms with Crippen LogP contribution in [-0.4, -0.2) is 50.3 Å². The summed E-state index contributed by atoms with van der Waals surface area (Å²) in [4.78, 5) is 24.5. The van der Waals surface area contributed by atoms with E-state index in [0.29, 0.717) is 13.1 Å². The molecule has 1 atom stereocenters. The summed E-state index contributed by atoms with van der Waals surface area (Å²) in [5.74, 6) is -1.20. The molecule has 9 heteroatoms. The van der Waals surface area contributed by atoms with E-state index in [1.807, 2.05) is 37.3 Å². The quantitative estimate of drug-likeness (QED) is 0.537. The fourth-order valence-electron chi connectivity index (χ4n) is 3.70. The molecule has 1 aliphatic rings. The van der Waals surface area contributed by atoms with E-state index in [9.17, 15) is 18.0 Å². The van der Waals surface area contributed by atoms with Crippen molar-refractivity contribution in [1.29, 1.82) is 0 Å². The number of hydrogen-bond acceptors (Lipinski definition) is 5. The molecule has 0 aromatic heterocycles. The maximum atomic E-state index is 13.0. The lowest BCUT2D eigenvalue weighted by Gasteiger charge is -2.26. The van der Waals surface area contributed by atoms with Crippen LogP contribution in [0.15, 0.2) is 53.4 Å². The van der Waals surface area contributed by atoms with Crippen molar-refractivity contribution in [1.82, 2.24) is 9.62 Å². The number of amides is 1. The van der Waals surface area contributed by atoms with Crippen molar-refractivity contribution in [2.45, 2.75) is 50.0 Å². The largest absolute Gasteiger partial charge is 0.452 e. The molecule has 178 valence electrons. The molecule has 1 N–H and O–H groups in total. The van der Waals surface area contributed by atoms with Crippen LogP contribution in [0, 0.1) is 0 Å². The minimum atomic E-state index is -3.81. The number of carbonyl (C=O) groups is 2. The summed E-state index contributed by atoms with van der Waals surface area (Å²) >= 11 is 6.14. The predicted octanol–water partition coefficient (Wildman–Crippen LogP) is 3.81. The van der Waals surface area contributed by atoms with E-state index < -0.39 is 28.5 Å². The third-order valence-corrected chi connectivity index (χ3v) is 7.93. The van der Waals surface area contributed by atoms with Gasteiger partial charge in [-0.25, -0.2) is 13.2 Å². The van der Waals surface area contributed by atoms with Gasteiger partial charge in [0.15, 0.2) is 6.61 Å². The number of esters is 1. The normalized spacial score (nSPS) is 15.6. The summed E-state index contributed by atoms with van der Waals surface area (Å²) in [5, 5.41) is 2.85. The molecule has 7 nitrogen and oxygen atoms in total. The summed E-state index contributed by atoms with van der Waals surface area (Å²) in [6.45, 7) is 2.29. The second kappa shape index (κ2) is 11.6. The van der Waals surface area contributed by atoms with Crippen LogP contribution in [0.5, 0.6) is 0 Å². The van der Waals surface area contributed by atoms with Gasteiger partial charge < -0.3 is 10.1 Å². The average Bonchev–Trinajstić information content (AvgIpc) is 2.82. The van der Waals surface area contributed by atoms with Crippen LogP contribution < -0.4 is 5.32 Å². The Labute approximate surface area is 200 Å². The van der Waals surface area contributed by atoms with Crippen molar-refractivity contribution in [2.75, 3.05) is 19.7 Å². The van der Waals surface area contributed by atoms with Gasteiger partial charge in [-0.2, -0.15) is 4.31 Å². The van der Waals surface area contributed by atoms with Crippen LogP contribution in [0.2, 0.25) is 5.02 Å². The summed E-state index contributed by atoms with van der Waals surface area (Å²) in [6, 6.07) is 13.8. The first-order valence-electron chi connectivity index (χ1n) is 11.1. The molecule has 0 radical (unpaired) electrons. The van der Waals surface area contributed by atoms with Gasteiger partial charge in [0.05, 0.1) is 10.6 Å². The highest BCUT2D eigenvalue weighted by Gasteiger charge is 2.29. The Morgan fingerprint density at radius 3 is 2.48 bits per heavy atom. The molecule has 1 aliphatic heterocycles. The molecule has 0 saturated carbocycles. The van der Waals surface area contributed by atoms with Crippen LogP contribution >= 0.6 is 11.6 Å². The molecule has 2 aromatic rings. The Morgan fingerprint density at radius 2 is 1.79 bits per heavy atom. The highest BCUT2D eigenvalue weighted by atomic mass is 35.5. The molecular formula is C24H29ClN2O5S. The van der Waals surface area contributed by atoms with Crippen molar-refractivity contribution < 1.29 is 22.7 Å². The van der Waals surface area contributed by atoms with Crippen LogP contribution in [0.4, 0.5) is 0 Å². The zero-order chi connectivity index (χ0) is 23.8. The van der Waals surface area contributed by atoms with Crippen molar-refractivity contribution in [3.8, 4) is 0 Å². The molecule has 1 unspecified atom stereocenters. The summed E-state index contributed by atoms with van der Waals surface area (Å²) < 4.78 is 32.4. The molecule has 0 aliphatic carbocycles. The van der Waals surface area contributed by atoms with Gasteiger partial charge in [-0.3, -0.25) is 4.79 Å². The minimum absolute atomic E-state index is 0.0277. The molecule has 2 aromatic carbocycles. The van der Waals surface area contributed by atoms with E-state index in [-0.39, 0.29) is 21.5 Å². The summed E-state index contributed by atoms with van der Waals surface area (Å²) in [7, 11) is -3.81. The number of carbonyl (C=O) groups excluding carboxylic acids is 2. The number of ether oxygens (including phenoxy) is 1. The van der Waals surface area contributed by atoms with Gasteiger partial charge in [-0.1, -0.05) is 48.4 Å². The number of piperidine rings is 1. The first-order chi connectivity index (χ1) is 15.8. The number of hydrogen-bond donors (Lipinski definition) is 1. The Hall–Kier alpha value is -2.42. The standard InChI is InChI=1S/C24H29ClN2O5S/c1-18(10-11-19-8-4-2-5-9-19)26-23(28)17-32-24(29)20-12-13-21(25)22(16-20)33(30,31)27-14-6-3-7-15-27/h2,4-5,8-9,12-13,16,18H,3,6-7,10-11,14-15,17H2,1H3,(H,26,28). The topological polar surface area (TPSA) is 92.8 Å². The Bertz CT molecular complexity index is 1070. The molecule has 1 saturated heterocycles. The third kappa shape index (κ3) is 7.03. The van der Waals surface area contributed by atoms with Crippen LogP contribution in [0.25, 0.3) is 0 Å². The molecule has 1 fully saturated rings. The van der Waals surface area contributed by atoms with Crippen LogP contribution in [0.3, 0.4) is 0 Å². The smallest absolute Gasteiger partial charge is 0.338 e. The Kier molecular flexibility index (Phi) is 8.88. The maximum absolute atomic E-state index is 13.0. The minimum Gasteiger partial charge on any atom is -0.452 e. The lowest BCUT2D eigenvalue weighted by Crippen LogP contribution is -2.36. The van der Waals surface area contributed by atoms with E-state index in [4.69, 9.17) is 16.3 Å². The predicted molar refractivity (Wildman–Crippen MR) is 127 cm³/mol. The van der Waals surface area contributed by atoms with Crippen LogP contribution in [-0.2, 0) is 26.0 Å². The van der Waals surface area contributed by atoms with Gasteiger partial charge in [0.25, 0.3) is 5.91 Å². The SMILES string of the molecule is CC(CCc1ccccc1)NC(=O)COC(=O)c1ccc(Cl)c(S(=O)(=O)N2CCCCC2)c1. The zero-order valence-corrected chi connectivity index (χ0v) is 20.2. The van der Waals surface area contributed by atoms with Crippen molar-refractivity contribution in [3.05, 3.63) is 64.7 Å². The first-order valence-corrected chi connectivity index (χ1v) is 12.9. The van der Waals surface area contributed by atoms with Crippen molar-refractivity contribution in [3.63, 3.8) is 0 Å². The number of nitrogens with one attached hydrogen (secondary N) is 1. The average molecular weight is 493 g/mol. The molecule has 0 spiro atoms. The molecule has 1 amide bonds. The highest BCUT2D eigenvalue weighted by molar-refractivity contribution is 7.89. The third-order valence-electron chi connectivity index (χ3n) is 5.55. The van der Waals surface area contributed by atoms with Crippen molar-refractivity contribution >= 4 is 33.5 Å². The fourth-order valence-corrected chi connectivity index (χ4v) is 5.72. The van der Waals surface area contributed by atoms with Gasteiger partial charge in [-0.05, 0) is 56.4 Å². The second-order valence-corrected chi connectivity index (χ2v) is 10.5. The molecule has 0 bridgehead atoms. The number of rotatable bonds is 9. The maximum Gasteiger partial charge on any atom is 0.338 e. The van der Waals surface area contributed by atoms with E-state index in [1.165, 1.54) is 28.1 Å². The van der Waals surface area contributed by atoms with E-state index in [1.54, 1.807) is 0 Å². The lowest BCUT2D eigenvalue weighted by atomic mass is 10.1. The van der Waals surface area contributed by atoms with Gasteiger partial charge in [0.1, 0.15) is 4.90 Å². The number of halogens is 1. The van der Waals surface area contributed by atoms with Gasteiger partial charge in [-0.15, -0.1) is 0 Å². The summed E-state index contributed by atoms with van der Waals surface area (Å²) in [6.07, 6.45) is 4.13. The highest BCUT2D eigenvalue weighted by Crippen LogP contribution is 2.28. The number of nitrogens with zero attached hydrogens (tertiary/aromatic N) is 1. The Balaban J connectivity index is 1.54. The Morgan fingerprint density at radius 1 is 1.09 bits per heavy atom. The zero-order valence-electron chi connectivity index (χ0n) is 18.6. The van der Waals surface area contributed by atoms with E-state index >= 15 is 0 Å². The monoisotopic (exact) mass is 492 g/mol. The van der Waals surface area contributed by atoms with Crippen LogP contribution in [0.1, 0.15) is 48.5 Å². The number of aryl methyl sites for hydroxylation is 1. The first kappa shape index (κ1) is 25.2. The fraction of sp³-hybridized carbons (Fsp3) is 0.417. The summed E-state index contributed by atoms with van der Waals surface area (Å²) in [5.41, 5.74) is 1.21. The van der Waals surface area contributed by atoms with Gasteiger partial charge >= 0.3 is 5.97 Å². The van der Waals surface area contributed by atoms with E-state index in [0.717, 1.165) is 32.1 Å². The van der Waals surface area contributed by atoms with Crippen molar-refractivity contribution in [2.24, 2.45) is 0 Å². The van der Waals surface area contributed by atoms with E-state index in [2.05, 4.69) is 5.32 Å². The molecule has 3 rings (SSSR count). The molecule has 33 heavy (non-hydrogen) atoms. The molecular weight excluding hydrogens is 464 g/mol. The number of benzene rings is 2. The lowest BCUT2D eigenvalue weighted by molar-refractivity contribution is -0.124. The number of sulfonamides is 1. The van der Waals surface area contributed by atoms with Gasteiger partial charge in [0, 0.05) is 19.1 Å². The second-order valence-electron chi connectivity index (χ2n) is 8.18.